The second-order valence-electron chi connectivity index (χ2n) is 2.83. The number of anilines is 1. The summed E-state index contributed by atoms with van der Waals surface area (Å²) in [5, 5.41) is 11.1. The molecule has 0 spiro atoms. The molecule has 2 aromatic rings. The third kappa shape index (κ3) is 1.15. The fourth-order valence-corrected chi connectivity index (χ4v) is 1.34. The van der Waals surface area contributed by atoms with Gasteiger partial charge in [-0.1, -0.05) is 0 Å². The van der Waals surface area contributed by atoms with E-state index in [4.69, 9.17) is 5.73 Å². The van der Waals surface area contributed by atoms with Crippen LogP contribution in [0, 0.1) is 10.1 Å². The molecular weight excluding hydrogens is 182 g/mol. The summed E-state index contributed by atoms with van der Waals surface area (Å²) in [6.07, 6.45) is 1.56. The van der Waals surface area contributed by atoms with Gasteiger partial charge >= 0.3 is 0 Å². The molecule has 14 heavy (non-hydrogen) atoms. The number of nitro benzene ring substituents is 1. The third-order valence-electron chi connectivity index (χ3n) is 1.97. The molecule has 0 fully saturated rings. The van der Waals surface area contributed by atoms with Gasteiger partial charge in [0.05, 0.1) is 21.5 Å². The molecule has 2 rings (SSSR count). The van der Waals surface area contributed by atoms with Crippen LogP contribution in [0.4, 0.5) is 11.4 Å². The topological polar surface area (TPSA) is 82.0 Å². The van der Waals surface area contributed by atoms with Crippen LogP contribution in [0.1, 0.15) is 0 Å². The molecule has 2 N–H and O–H groups in total. The van der Waals surface area contributed by atoms with Crippen molar-refractivity contribution >= 4 is 22.3 Å². The summed E-state index contributed by atoms with van der Waals surface area (Å²) >= 11 is 0. The van der Waals surface area contributed by atoms with Crippen molar-refractivity contribution in [3.05, 3.63) is 40.6 Å². The summed E-state index contributed by atoms with van der Waals surface area (Å²) in [6.45, 7) is 0. The van der Waals surface area contributed by atoms with Crippen LogP contribution >= 0.6 is 0 Å². The van der Waals surface area contributed by atoms with E-state index in [1.165, 1.54) is 12.1 Å². The Bertz CT molecular complexity index is 510. The van der Waals surface area contributed by atoms with E-state index in [0.29, 0.717) is 16.6 Å². The van der Waals surface area contributed by atoms with Crippen LogP contribution in [0.5, 0.6) is 0 Å². The number of nitrogens with zero attached hydrogens (tertiary/aromatic N) is 2. The number of pyridine rings is 1. The molecule has 0 amide bonds. The van der Waals surface area contributed by atoms with Crippen LogP contribution in [0.25, 0.3) is 10.9 Å². The number of benzene rings is 1. The molecule has 0 saturated heterocycles. The van der Waals surface area contributed by atoms with E-state index < -0.39 is 4.92 Å². The standard InChI is InChI=1S/C9H7N3O2/c10-7-3-4-8(12(13)14)6-2-1-5-11-9(6)7/h1-5H,10H2. The molecule has 1 aromatic heterocycles. The van der Waals surface area contributed by atoms with E-state index in [1.807, 2.05) is 0 Å². The van der Waals surface area contributed by atoms with E-state index in [-0.39, 0.29) is 5.69 Å². The Balaban J connectivity index is 2.88. The third-order valence-corrected chi connectivity index (χ3v) is 1.97. The van der Waals surface area contributed by atoms with E-state index in [1.54, 1.807) is 18.3 Å². The highest BCUT2D eigenvalue weighted by Gasteiger charge is 2.12. The van der Waals surface area contributed by atoms with Crippen molar-refractivity contribution in [1.82, 2.24) is 4.98 Å². The van der Waals surface area contributed by atoms with E-state index >= 15 is 0 Å². The van der Waals surface area contributed by atoms with Crippen LogP contribution in [0.2, 0.25) is 0 Å². The number of nitro groups is 1. The molecule has 0 atom stereocenters. The summed E-state index contributed by atoms with van der Waals surface area (Å²) < 4.78 is 0. The van der Waals surface area contributed by atoms with Gasteiger partial charge in [-0.2, -0.15) is 0 Å². The van der Waals surface area contributed by atoms with Gasteiger partial charge in [-0.3, -0.25) is 15.1 Å². The Morgan fingerprint density at radius 2 is 2.14 bits per heavy atom. The fraction of sp³-hybridized carbons (Fsp3) is 0. The average Bonchev–Trinajstić information content (AvgIpc) is 2.18. The minimum atomic E-state index is -0.441. The molecule has 70 valence electrons. The molecule has 0 radical (unpaired) electrons. The van der Waals surface area contributed by atoms with Crippen molar-refractivity contribution in [3.8, 4) is 0 Å². The molecule has 0 saturated carbocycles. The lowest BCUT2D eigenvalue weighted by Crippen LogP contribution is -1.94. The Hall–Kier alpha value is -2.17. The summed E-state index contributed by atoms with van der Waals surface area (Å²) in [6, 6.07) is 6.17. The number of aromatic nitrogens is 1. The summed E-state index contributed by atoms with van der Waals surface area (Å²) in [7, 11) is 0. The van der Waals surface area contributed by atoms with Crippen molar-refractivity contribution in [3.63, 3.8) is 0 Å². The second kappa shape index (κ2) is 2.95. The first kappa shape index (κ1) is 8.43. The number of fused-ring (bicyclic) bond motifs is 1. The van der Waals surface area contributed by atoms with Gasteiger partial charge in [-0.15, -0.1) is 0 Å². The summed E-state index contributed by atoms with van der Waals surface area (Å²) in [5.41, 5.74) is 6.59. The normalized spacial score (nSPS) is 10.3. The van der Waals surface area contributed by atoms with E-state index in [2.05, 4.69) is 4.98 Å². The van der Waals surface area contributed by atoms with Gasteiger partial charge in [0.1, 0.15) is 0 Å². The Morgan fingerprint density at radius 1 is 1.36 bits per heavy atom. The molecule has 0 bridgehead atoms. The Labute approximate surface area is 79.3 Å². The summed E-state index contributed by atoms with van der Waals surface area (Å²) in [4.78, 5) is 14.2. The van der Waals surface area contributed by atoms with E-state index in [9.17, 15) is 10.1 Å². The number of nitrogen functional groups attached to an aromatic ring is 1. The number of hydrogen-bond acceptors (Lipinski definition) is 4. The Kier molecular flexibility index (Phi) is 1.78. The van der Waals surface area contributed by atoms with Gasteiger partial charge in [0.15, 0.2) is 0 Å². The average molecular weight is 189 g/mol. The monoisotopic (exact) mass is 189 g/mol. The second-order valence-corrected chi connectivity index (χ2v) is 2.83. The molecule has 1 heterocycles. The van der Waals surface area contributed by atoms with Gasteiger partial charge in [0, 0.05) is 12.3 Å². The predicted molar refractivity (Wildman–Crippen MR) is 52.8 cm³/mol. The zero-order chi connectivity index (χ0) is 10.1. The van der Waals surface area contributed by atoms with Crippen LogP contribution in [0.3, 0.4) is 0 Å². The van der Waals surface area contributed by atoms with Crippen LogP contribution in [-0.2, 0) is 0 Å². The molecule has 0 aliphatic rings. The lowest BCUT2D eigenvalue weighted by molar-refractivity contribution is -0.383. The van der Waals surface area contributed by atoms with Crippen molar-refractivity contribution in [2.24, 2.45) is 0 Å². The highest BCUT2D eigenvalue weighted by molar-refractivity contribution is 5.95. The zero-order valence-corrected chi connectivity index (χ0v) is 7.18. The van der Waals surface area contributed by atoms with Gasteiger partial charge in [-0.25, -0.2) is 0 Å². The molecule has 0 unspecified atom stereocenters. The number of nitrogens with two attached hydrogens (primary N) is 1. The maximum Gasteiger partial charge on any atom is 0.278 e. The lowest BCUT2D eigenvalue weighted by Gasteiger charge is -2.00. The number of hydrogen-bond donors (Lipinski definition) is 1. The molecule has 0 aliphatic heterocycles. The lowest BCUT2D eigenvalue weighted by atomic mass is 10.1. The zero-order valence-electron chi connectivity index (χ0n) is 7.18. The number of rotatable bonds is 1. The van der Waals surface area contributed by atoms with Crippen LogP contribution < -0.4 is 5.73 Å². The first-order chi connectivity index (χ1) is 6.70. The molecule has 5 nitrogen and oxygen atoms in total. The van der Waals surface area contributed by atoms with Gasteiger partial charge in [0.25, 0.3) is 5.69 Å². The van der Waals surface area contributed by atoms with Crippen molar-refractivity contribution in [1.29, 1.82) is 0 Å². The maximum atomic E-state index is 10.7. The van der Waals surface area contributed by atoms with Crippen molar-refractivity contribution in [2.75, 3.05) is 5.73 Å². The number of non-ortho nitro benzene ring substituents is 1. The first-order valence-electron chi connectivity index (χ1n) is 3.98. The SMILES string of the molecule is Nc1ccc([N+](=O)[O-])c2cccnc12. The largest absolute Gasteiger partial charge is 0.397 e. The van der Waals surface area contributed by atoms with Crippen molar-refractivity contribution in [2.45, 2.75) is 0 Å². The molecule has 1 aromatic carbocycles. The minimum absolute atomic E-state index is 0.0299. The minimum Gasteiger partial charge on any atom is -0.397 e. The summed E-state index contributed by atoms with van der Waals surface area (Å²) in [5.74, 6) is 0. The van der Waals surface area contributed by atoms with Gasteiger partial charge < -0.3 is 5.73 Å². The predicted octanol–water partition coefficient (Wildman–Crippen LogP) is 1.73. The van der Waals surface area contributed by atoms with E-state index in [0.717, 1.165) is 0 Å². The smallest absolute Gasteiger partial charge is 0.278 e. The highest BCUT2D eigenvalue weighted by Crippen LogP contribution is 2.27. The highest BCUT2D eigenvalue weighted by atomic mass is 16.6. The van der Waals surface area contributed by atoms with Crippen LogP contribution in [0.15, 0.2) is 30.5 Å². The quantitative estimate of drug-likeness (QED) is 0.420. The van der Waals surface area contributed by atoms with Gasteiger partial charge in [0.2, 0.25) is 0 Å². The fourth-order valence-electron chi connectivity index (χ4n) is 1.34. The van der Waals surface area contributed by atoms with Crippen LogP contribution in [-0.4, -0.2) is 9.91 Å². The van der Waals surface area contributed by atoms with Gasteiger partial charge in [-0.05, 0) is 18.2 Å². The maximum absolute atomic E-state index is 10.7. The van der Waals surface area contributed by atoms with Crippen molar-refractivity contribution < 1.29 is 4.92 Å². The molecule has 0 aliphatic carbocycles. The Morgan fingerprint density at radius 3 is 2.86 bits per heavy atom. The molecule has 5 heteroatoms. The first-order valence-corrected chi connectivity index (χ1v) is 3.98. The molecular formula is C9H7N3O2.